The van der Waals surface area contributed by atoms with Crippen LogP contribution >= 0.6 is 8.25 Å². The highest BCUT2D eigenvalue weighted by Gasteiger charge is 2.15. The Hall–Kier alpha value is -0.990. The fraction of sp³-hybridized carbons (Fsp3) is 0. The van der Waals surface area contributed by atoms with Crippen LogP contribution in [0, 0.1) is 0 Å². The molecule has 0 amide bonds. The van der Waals surface area contributed by atoms with E-state index < -0.39 is 29.1 Å². The van der Waals surface area contributed by atoms with E-state index in [0.29, 0.717) is 0 Å². The van der Waals surface area contributed by atoms with E-state index in [1.807, 2.05) is 0 Å². The van der Waals surface area contributed by atoms with Gasteiger partial charge in [-0.2, -0.15) is 16.8 Å². The molecule has 1 aromatic heterocycles. The molecule has 0 radical (unpaired) electrons. The normalized spacial score (nSPS) is 10.4. The van der Waals surface area contributed by atoms with Crippen LogP contribution in [0.2, 0.25) is 0 Å². The van der Waals surface area contributed by atoms with Crippen LogP contribution in [0.15, 0.2) is 23.3 Å². The van der Waals surface area contributed by atoms with Crippen molar-refractivity contribution in [1.82, 2.24) is 4.98 Å². The smallest absolute Gasteiger partial charge is 0.452 e. The molecule has 0 saturated carbocycles. The van der Waals surface area contributed by atoms with Crippen molar-refractivity contribution in [2.24, 2.45) is 0 Å². The first kappa shape index (κ1) is 19.4. The fourth-order valence-corrected chi connectivity index (χ4v) is 1.15. The molecule has 106 valence electrons. The van der Waals surface area contributed by atoms with Crippen LogP contribution in [0.25, 0.3) is 0 Å². The molecule has 0 aliphatic carbocycles. The number of rotatable bonds is 2. The van der Waals surface area contributed by atoms with Crippen molar-refractivity contribution in [1.29, 1.82) is 0 Å². The van der Waals surface area contributed by atoms with Crippen LogP contribution in [0.3, 0.4) is 0 Å². The van der Waals surface area contributed by atoms with Gasteiger partial charge in [0, 0.05) is 4.57 Å². The molecule has 0 bridgehead atoms. The predicted octanol–water partition coefficient (Wildman–Crippen LogP) is -1.09. The molecule has 0 spiro atoms. The summed E-state index contributed by atoms with van der Waals surface area (Å²) in [5.41, 5.74) is 0. The summed E-state index contributed by atoms with van der Waals surface area (Å²) < 4.78 is 68.7. The van der Waals surface area contributed by atoms with Gasteiger partial charge in [0.15, 0.2) is 6.39 Å². The Morgan fingerprint density at radius 3 is 1.56 bits per heavy atom. The maximum absolute atomic E-state index is 9.44. The molecule has 0 aliphatic rings. The van der Waals surface area contributed by atoms with Crippen molar-refractivity contribution >= 4 is 29.1 Å². The summed E-state index contributed by atoms with van der Waals surface area (Å²) >= 11 is 0. The molecule has 1 heterocycles. The first-order valence-corrected chi connectivity index (χ1v) is 7.16. The van der Waals surface area contributed by atoms with Gasteiger partial charge in [0.1, 0.15) is 6.26 Å². The Bertz CT molecular complexity index is 465. The second kappa shape index (κ2) is 9.01. The molecule has 0 saturated heterocycles. The van der Waals surface area contributed by atoms with E-state index in [-0.39, 0.29) is 0 Å². The van der Waals surface area contributed by atoms with E-state index >= 15 is 0 Å². The maximum Gasteiger partial charge on any atom is 0.692 e. The largest absolute Gasteiger partial charge is 0.692 e. The lowest BCUT2D eigenvalue weighted by atomic mass is 11.0. The molecular formula is C3H7NO11PS2+. The molecule has 18 heavy (non-hydrogen) atoms. The van der Waals surface area contributed by atoms with Crippen molar-refractivity contribution in [3.8, 4) is 0 Å². The zero-order chi connectivity index (χ0) is 14.8. The Morgan fingerprint density at radius 2 is 1.50 bits per heavy atom. The van der Waals surface area contributed by atoms with Gasteiger partial charge in [-0.1, -0.05) is 0 Å². The zero-order valence-electron chi connectivity index (χ0n) is 8.09. The van der Waals surface area contributed by atoms with Crippen LogP contribution in [-0.2, 0) is 29.0 Å². The van der Waals surface area contributed by atoms with E-state index in [2.05, 4.69) is 13.0 Å². The summed E-state index contributed by atoms with van der Waals surface area (Å²) in [4.78, 5) is 17.8. The summed E-state index contributed by atoms with van der Waals surface area (Å²) in [5, 5.41) is 0. The molecule has 0 aliphatic heterocycles. The first-order chi connectivity index (χ1) is 7.94. The minimum absolute atomic E-state index is 1.38. The lowest BCUT2D eigenvalue weighted by molar-refractivity contribution is 0.344. The van der Waals surface area contributed by atoms with Crippen LogP contribution in [-0.4, -0.2) is 40.7 Å². The number of hydrogen-bond acceptors (Lipinski definition) is 8. The highest BCUT2D eigenvalue weighted by Crippen LogP contribution is 1.98. The molecule has 0 aromatic carbocycles. The third-order valence-electron chi connectivity index (χ3n) is 0.519. The van der Waals surface area contributed by atoms with Crippen molar-refractivity contribution in [2.75, 3.05) is 0 Å². The van der Waals surface area contributed by atoms with Crippen molar-refractivity contribution in [3.63, 3.8) is 0 Å². The number of hydrogen-bond donors (Lipinski definition) is 4. The lowest BCUT2D eigenvalue weighted by Gasteiger charge is -1.89. The molecule has 1 rings (SSSR count). The maximum atomic E-state index is 9.44. The standard InChI is InChI=1S/C3H3NO.H2O7S2.HO3P/c1-2-5-3-4-1;1-8(2,3)7-9(4,5)6;1-4(2)3/h1-3H;(H,1,2,3)(H,4,5,6);(H-,1,2,3)/p+1. The van der Waals surface area contributed by atoms with E-state index in [4.69, 9.17) is 23.5 Å². The van der Waals surface area contributed by atoms with Gasteiger partial charge in [-0.15, -0.1) is 13.4 Å². The molecule has 4 N–H and O–H groups in total. The highest BCUT2D eigenvalue weighted by atomic mass is 32.3. The molecular weight excluding hydrogens is 321 g/mol. The van der Waals surface area contributed by atoms with E-state index in [0.717, 1.165) is 0 Å². The fourth-order valence-electron chi connectivity index (χ4n) is 0.284. The second-order valence-corrected chi connectivity index (χ2v) is 4.61. The quantitative estimate of drug-likeness (QED) is 0.378. The molecule has 0 unspecified atom stereocenters. The van der Waals surface area contributed by atoms with Gasteiger partial charge in [-0.3, -0.25) is 9.11 Å². The Morgan fingerprint density at radius 1 is 1.11 bits per heavy atom. The van der Waals surface area contributed by atoms with Crippen molar-refractivity contribution < 1.29 is 48.3 Å². The number of oxazole rings is 1. The zero-order valence-corrected chi connectivity index (χ0v) is 10.6. The van der Waals surface area contributed by atoms with Crippen LogP contribution in [0.1, 0.15) is 0 Å². The van der Waals surface area contributed by atoms with Gasteiger partial charge in [0.05, 0.1) is 6.20 Å². The second-order valence-electron chi connectivity index (χ2n) is 1.85. The number of nitrogens with zero attached hydrogens (tertiary/aromatic N) is 1. The Balaban J connectivity index is 0. The lowest BCUT2D eigenvalue weighted by Crippen LogP contribution is -2.10. The van der Waals surface area contributed by atoms with E-state index in [1.54, 1.807) is 6.20 Å². The van der Waals surface area contributed by atoms with Crippen molar-refractivity contribution in [2.45, 2.75) is 0 Å². The van der Waals surface area contributed by atoms with Gasteiger partial charge in [0.2, 0.25) is 0 Å². The van der Waals surface area contributed by atoms with E-state index in [9.17, 15) is 16.8 Å². The third-order valence-corrected chi connectivity index (χ3v) is 1.89. The predicted molar refractivity (Wildman–Crippen MR) is 52.7 cm³/mol. The van der Waals surface area contributed by atoms with Gasteiger partial charge >= 0.3 is 29.1 Å². The minimum Gasteiger partial charge on any atom is -0.452 e. The summed E-state index contributed by atoms with van der Waals surface area (Å²) in [6.45, 7) is 0. The molecule has 0 atom stereocenters. The number of aromatic nitrogens is 1. The SMILES string of the molecule is O=S(=O)(O)OS(=O)(=O)O.O=[P+](O)O.c1cocn1. The first-order valence-electron chi connectivity index (χ1n) is 3.27. The van der Waals surface area contributed by atoms with Gasteiger partial charge in [0.25, 0.3) is 0 Å². The molecule has 12 nitrogen and oxygen atoms in total. The summed E-state index contributed by atoms with van der Waals surface area (Å²) in [7, 11) is -13.1. The van der Waals surface area contributed by atoms with E-state index in [1.165, 1.54) is 12.7 Å². The summed E-state index contributed by atoms with van der Waals surface area (Å²) in [5.74, 6) is 0. The van der Waals surface area contributed by atoms with Gasteiger partial charge in [-0.25, -0.2) is 4.98 Å². The summed E-state index contributed by atoms with van der Waals surface area (Å²) in [6, 6.07) is 0. The average molecular weight is 328 g/mol. The average Bonchev–Trinajstić information content (AvgIpc) is 2.49. The summed E-state index contributed by atoms with van der Waals surface area (Å²) in [6.07, 6.45) is 4.47. The Labute approximate surface area is 102 Å². The highest BCUT2D eigenvalue weighted by molar-refractivity contribution is 7.94. The third kappa shape index (κ3) is 29.4. The Kier molecular flexibility index (Phi) is 9.69. The van der Waals surface area contributed by atoms with Crippen molar-refractivity contribution in [3.05, 3.63) is 18.9 Å². The van der Waals surface area contributed by atoms with Gasteiger partial charge in [-0.05, 0) is 0 Å². The van der Waals surface area contributed by atoms with Gasteiger partial charge < -0.3 is 4.42 Å². The van der Waals surface area contributed by atoms with Crippen LogP contribution in [0.5, 0.6) is 0 Å². The molecule has 15 heteroatoms. The molecule has 1 aromatic rings. The monoisotopic (exact) mass is 328 g/mol. The van der Waals surface area contributed by atoms with Crippen LogP contribution in [0.4, 0.5) is 0 Å². The van der Waals surface area contributed by atoms with Crippen LogP contribution < -0.4 is 0 Å². The topological polar surface area (TPSA) is 202 Å². The minimum atomic E-state index is -5.12. The molecule has 0 fully saturated rings.